The molecule has 0 radical (unpaired) electrons. The largest absolute Gasteiger partial charge is 0.139 e. The van der Waals surface area contributed by atoms with Gasteiger partial charge in [-0.3, -0.25) is 0 Å². The molecule has 2 aromatic rings. The van der Waals surface area contributed by atoms with Crippen LogP contribution in [0.3, 0.4) is 0 Å². The zero-order chi connectivity index (χ0) is 11.4. The van der Waals surface area contributed by atoms with E-state index in [1.54, 1.807) is 0 Å². The average molecular weight is 360 g/mol. The molecule has 0 aliphatic heterocycles. The van der Waals surface area contributed by atoms with Crippen LogP contribution in [-0.2, 0) is 6.42 Å². The Labute approximate surface area is 118 Å². The first kappa shape index (κ1) is 12.3. The summed E-state index contributed by atoms with van der Waals surface area (Å²) >= 11 is 6.05. The Morgan fingerprint density at radius 2 is 1.88 bits per heavy atom. The lowest BCUT2D eigenvalue weighted by Crippen LogP contribution is -1.71. The second-order valence-electron chi connectivity index (χ2n) is 3.51. The predicted molar refractivity (Wildman–Crippen MR) is 84.7 cm³/mol. The Morgan fingerprint density at radius 3 is 2.62 bits per heavy atom. The third-order valence-electron chi connectivity index (χ3n) is 2.25. The molecule has 0 aliphatic carbocycles. The molecule has 2 heterocycles. The van der Waals surface area contributed by atoms with E-state index in [4.69, 9.17) is 0 Å². The SMILES string of the molecule is CCCc1ccc(-c2ccc(/C=C/I)s2)s1. The van der Waals surface area contributed by atoms with Crippen LogP contribution < -0.4 is 0 Å². The van der Waals surface area contributed by atoms with Crippen molar-refractivity contribution >= 4 is 51.3 Å². The van der Waals surface area contributed by atoms with Gasteiger partial charge >= 0.3 is 0 Å². The highest BCUT2D eigenvalue weighted by Gasteiger charge is 2.04. The molecule has 0 fully saturated rings. The van der Waals surface area contributed by atoms with Gasteiger partial charge in [0.1, 0.15) is 0 Å². The first-order chi connectivity index (χ1) is 7.83. The molecule has 0 amide bonds. The van der Waals surface area contributed by atoms with E-state index < -0.39 is 0 Å². The Balaban J connectivity index is 2.21. The fraction of sp³-hybridized carbons (Fsp3) is 0.231. The average Bonchev–Trinajstić information content (AvgIpc) is 2.87. The van der Waals surface area contributed by atoms with Crippen molar-refractivity contribution in [1.82, 2.24) is 0 Å². The lowest BCUT2D eigenvalue weighted by molar-refractivity contribution is 0.940. The van der Waals surface area contributed by atoms with Crippen molar-refractivity contribution in [2.45, 2.75) is 19.8 Å². The molecule has 0 aromatic carbocycles. The van der Waals surface area contributed by atoms with Crippen LogP contribution in [0.4, 0.5) is 0 Å². The molecular formula is C13H13IS2. The summed E-state index contributed by atoms with van der Waals surface area (Å²) in [5.74, 6) is 0. The molecule has 0 atom stereocenters. The summed E-state index contributed by atoms with van der Waals surface area (Å²) < 4.78 is 2.06. The van der Waals surface area contributed by atoms with Crippen molar-refractivity contribution in [3.8, 4) is 9.75 Å². The van der Waals surface area contributed by atoms with E-state index in [0.717, 1.165) is 0 Å². The van der Waals surface area contributed by atoms with E-state index in [2.05, 4.69) is 63.9 Å². The normalized spacial score (nSPS) is 11.4. The Kier molecular flexibility index (Phi) is 4.61. The van der Waals surface area contributed by atoms with Crippen LogP contribution in [0.15, 0.2) is 28.3 Å². The van der Waals surface area contributed by atoms with E-state index in [9.17, 15) is 0 Å². The van der Waals surface area contributed by atoms with Crippen LogP contribution in [0.1, 0.15) is 23.1 Å². The molecule has 0 saturated carbocycles. The predicted octanol–water partition coefficient (Wildman–Crippen LogP) is 5.83. The maximum atomic E-state index is 2.26. The van der Waals surface area contributed by atoms with Crippen LogP contribution >= 0.6 is 45.3 Å². The number of rotatable bonds is 4. The lowest BCUT2D eigenvalue weighted by atomic mass is 10.3. The molecule has 2 rings (SSSR count). The van der Waals surface area contributed by atoms with Gasteiger partial charge in [0.15, 0.2) is 0 Å². The minimum absolute atomic E-state index is 1.20. The maximum absolute atomic E-state index is 2.26. The molecule has 84 valence electrons. The summed E-state index contributed by atoms with van der Waals surface area (Å²) in [4.78, 5) is 5.62. The van der Waals surface area contributed by atoms with Crippen molar-refractivity contribution in [3.05, 3.63) is 38.1 Å². The van der Waals surface area contributed by atoms with Gasteiger partial charge < -0.3 is 0 Å². The van der Waals surface area contributed by atoms with Crippen molar-refractivity contribution in [3.63, 3.8) is 0 Å². The molecule has 0 saturated heterocycles. The zero-order valence-electron chi connectivity index (χ0n) is 9.07. The molecule has 3 heteroatoms. The third-order valence-corrected chi connectivity index (χ3v) is 5.01. The van der Waals surface area contributed by atoms with Gasteiger partial charge in [-0.15, -0.1) is 22.7 Å². The van der Waals surface area contributed by atoms with Gasteiger partial charge in [0.25, 0.3) is 0 Å². The van der Waals surface area contributed by atoms with Crippen LogP contribution in [0.25, 0.3) is 15.8 Å². The van der Waals surface area contributed by atoms with E-state index in [-0.39, 0.29) is 0 Å². The minimum Gasteiger partial charge on any atom is -0.139 e. The molecule has 0 bridgehead atoms. The highest BCUT2D eigenvalue weighted by Crippen LogP contribution is 2.34. The highest BCUT2D eigenvalue weighted by atomic mass is 127. The summed E-state index contributed by atoms with van der Waals surface area (Å²) in [7, 11) is 0. The van der Waals surface area contributed by atoms with Crippen LogP contribution in [0.2, 0.25) is 0 Å². The van der Waals surface area contributed by atoms with Gasteiger partial charge in [0, 0.05) is 19.5 Å². The molecule has 0 N–H and O–H groups in total. The van der Waals surface area contributed by atoms with E-state index in [1.165, 1.54) is 32.4 Å². The lowest BCUT2D eigenvalue weighted by Gasteiger charge is -1.90. The number of aryl methyl sites for hydroxylation is 1. The Bertz CT molecular complexity index is 480. The Morgan fingerprint density at radius 1 is 1.12 bits per heavy atom. The van der Waals surface area contributed by atoms with Crippen molar-refractivity contribution in [2.75, 3.05) is 0 Å². The quantitative estimate of drug-likeness (QED) is 0.602. The van der Waals surface area contributed by atoms with Gasteiger partial charge in [0.2, 0.25) is 0 Å². The first-order valence-corrected chi connectivity index (χ1v) is 8.17. The fourth-order valence-corrected chi connectivity index (χ4v) is 4.27. The number of thiophene rings is 2. The summed E-state index contributed by atoms with van der Waals surface area (Å²) in [6, 6.07) is 8.92. The highest BCUT2D eigenvalue weighted by molar-refractivity contribution is 14.1. The molecule has 0 nitrogen and oxygen atoms in total. The second kappa shape index (κ2) is 5.98. The van der Waals surface area contributed by atoms with Crippen molar-refractivity contribution in [1.29, 1.82) is 0 Å². The number of halogens is 1. The molecule has 2 aromatic heterocycles. The molecule has 16 heavy (non-hydrogen) atoms. The number of hydrogen-bond donors (Lipinski definition) is 0. The third kappa shape index (κ3) is 2.96. The summed E-state index contributed by atoms with van der Waals surface area (Å²) in [6.45, 7) is 2.23. The zero-order valence-corrected chi connectivity index (χ0v) is 12.9. The topological polar surface area (TPSA) is 0 Å². The fourth-order valence-electron chi connectivity index (χ4n) is 1.53. The second-order valence-corrected chi connectivity index (χ2v) is 6.51. The van der Waals surface area contributed by atoms with Gasteiger partial charge in [-0.25, -0.2) is 0 Å². The van der Waals surface area contributed by atoms with Crippen LogP contribution in [-0.4, -0.2) is 0 Å². The van der Waals surface area contributed by atoms with Gasteiger partial charge in [-0.1, -0.05) is 35.9 Å². The minimum atomic E-state index is 1.20. The van der Waals surface area contributed by atoms with Gasteiger partial charge in [-0.05, 0) is 40.8 Å². The standard InChI is InChI=1S/C13H13IS2/c1-2-3-10-4-6-12(15-10)13-7-5-11(16-13)8-9-14/h4-9H,2-3H2,1H3/b9-8+. The van der Waals surface area contributed by atoms with Crippen molar-refractivity contribution in [2.24, 2.45) is 0 Å². The van der Waals surface area contributed by atoms with Crippen LogP contribution in [0.5, 0.6) is 0 Å². The smallest absolute Gasteiger partial charge is 0.0449 e. The van der Waals surface area contributed by atoms with Gasteiger partial charge in [0.05, 0.1) is 0 Å². The van der Waals surface area contributed by atoms with Crippen LogP contribution in [0, 0.1) is 0 Å². The van der Waals surface area contributed by atoms with Crippen molar-refractivity contribution < 1.29 is 0 Å². The molecule has 0 spiro atoms. The molecule has 0 unspecified atom stereocenters. The monoisotopic (exact) mass is 360 g/mol. The Hall–Kier alpha value is -0.130. The maximum Gasteiger partial charge on any atom is 0.0449 e. The van der Waals surface area contributed by atoms with Gasteiger partial charge in [-0.2, -0.15) is 0 Å². The summed E-state index contributed by atoms with van der Waals surface area (Å²) in [5, 5.41) is 0. The molecular weight excluding hydrogens is 347 g/mol. The van der Waals surface area contributed by atoms with E-state index >= 15 is 0 Å². The summed E-state index contributed by atoms with van der Waals surface area (Å²) in [6.07, 6.45) is 4.58. The van der Waals surface area contributed by atoms with E-state index in [0.29, 0.717) is 0 Å². The molecule has 0 aliphatic rings. The number of hydrogen-bond acceptors (Lipinski definition) is 2. The summed E-state index contributed by atoms with van der Waals surface area (Å²) in [5.41, 5.74) is 0. The van der Waals surface area contributed by atoms with E-state index in [1.807, 2.05) is 22.7 Å². The first-order valence-electron chi connectivity index (χ1n) is 5.29.